The summed E-state index contributed by atoms with van der Waals surface area (Å²) in [6.45, 7) is 3.38. The Labute approximate surface area is 126 Å². The van der Waals surface area contributed by atoms with Crippen molar-refractivity contribution in [3.63, 3.8) is 0 Å². The van der Waals surface area contributed by atoms with E-state index in [4.69, 9.17) is 11.6 Å². The molecule has 1 amide bonds. The van der Waals surface area contributed by atoms with E-state index in [0.717, 1.165) is 37.3 Å². The van der Waals surface area contributed by atoms with Gasteiger partial charge in [0.1, 0.15) is 6.04 Å². The molecule has 0 aliphatic carbocycles. The van der Waals surface area contributed by atoms with E-state index in [0.29, 0.717) is 5.13 Å². The number of amides is 1. The molecule has 2 rings (SSSR count). The van der Waals surface area contributed by atoms with Crippen LogP contribution < -0.4 is 5.32 Å². The summed E-state index contributed by atoms with van der Waals surface area (Å²) in [6.07, 6.45) is 2.10. The molecule has 6 nitrogen and oxygen atoms in total. The fourth-order valence-corrected chi connectivity index (χ4v) is 3.23. The molecule has 1 fully saturated rings. The van der Waals surface area contributed by atoms with Crippen molar-refractivity contribution in [1.82, 2.24) is 9.88 Å². The molecule has 1 aromatic heterocycles. The van der Waals surface area contributed by atoms with Crippen LogP contribution in [0.15, 0.2) is 0 Å². The van der Waals surface area contributed by atoms with Crippen LogP contribution in [0.1, 0.15) is 29.4 Å². The van der Waals surface area contributed by atoms with Gasteiger partial charge in [0.2, 0.25) is 5.91 Å². The summed E-state index contributed by atoms with van der Waals surface area (Å²) in [5.41, 5.74) is 0. The molecular weight excluding hydrogens is 302 g/mol. The topological polar surface area (TPSA) is 71.5 Å². The van der Waals surface area contributed by atoms with Crippen LogP contribution in [0.3, 0.4) is 0 Å². The zero-order valence-electron chi connectivity index (χ0n) is 11.3. The Morgan fingerprint density at radius 2 is 2.10 bits per heavy atom. The molecule has 1 unspecified atom stereocenters. The number of ether oxygens (including phenoxy) is 1. The minimum atomic E-state index is -0.529. The molecule has 1 atom stereocenters. The summed E-state index contributed by atoms with van der Waals surface area (Å²) in [5.74, 6) is -0.493. The average molecular weight is 318 g/mol. The first-order chi connectivity index (χ1) is 9.52. The molecule has 1 saturated heterocycles. The maximum atomic E-state index is 12.1. The van der Waals surface area contributed by atoms with Gasteiger partial charge in [-0.05, 0) is 19.8 Å². The lowest BCUT2D eigenvalue weighted by Gasteiger charge is -2.20. The van der Waals surface area contributed by atoms with Crippen molar-refractivity contribution < 1.29 is 14.3 Å². The van der Waals surface area contributed by atoms with E-state index in [1.807, 2.05) is 4.90 Å². The molecule has 20 heavy (non-hydrogen) atoms. The van der Waals surface area contributed by atoms with E-state index in [1.54, 1.807) is 6.92 Å². The number of hydrogen-bond donors (Lipinski definition) is 1. The number of hydrogen-bond acceptors (Lipinski definition) is 6. The van der Waals surface area contributed by atoms with Crippen molar-refractivity contribution in [2.24, 2.45) is 0 Å². The lowest BCUT2D eigenvalue weighted by Crippen LogP contribution is -2.39. The third-order valence-electron chi connectivity index (χ3n) is 3.08. The second kappa shape index (κ2) is 6.41. The highest BCUT2D eigenvalue weighted by Crippen LogP contribution is 2.28. The normalized spacial score (nSPS) is 16.1. The van der Waals surface area contributed by atoms with Crippen LogP contribution >= 0.6 is 22.9 Å². The zero-order chi connectivity index (χ0) is 14.7. The Kier molecular flexibility index (Phi) is 4.82. The molecule has 1 aromatic rings. The number of nitrogens with zero attached hydrogens (tertiary/aromatic N) is 2. The number of esters is 1. The molecule has 0 aromatic carbocycles. The number of aromatic nitrogens is 1. The Bertz CT molecular complexity index is 514. The number of thiazole rings is 1. The van der Waals surface area contributed by atoms with E-state index < -0.39 is 12.0 Å². The fraction of sp³-hybridized carbons (Fsp3) is 0.583. The molecule has 0 radical (unpaired) electrons. The molecule has 1 aliphatic rings. The number of likely N-dealkylation sites (tertiary alicyclic amines) is 1. The van der Waals surface area contributed by atoms with Gasteiger partial charge in [0, 0.05) is 13.1 Å². The summed E-state index contributed by atoms with van der Waals surface area (Å²) in [7, 11) is 1.28. The molecule has 8 heteroatoms. The number of anilines is 1. The van der Waals surface area contributed by atoms with Gasteiger partial charge in [-0.15, -0.1) is 0 Å². The lowest BCUT2D eigenvalue weighted by atomic mass is 10.3. The van der Waals surface area contributed by atoms with Gasteiger partial charge < -0.3 is 15.0 Å². The maximum Gasteiger partial charge on any atom is 0.351 e. The van der Waals surface area contributed by atoms with Gasteiger partial charge >= 0.3 is 5.97 Å². The minimum absolute atomic E-state index is 0.0356. The molecule has 0 spiro atoms. The number of rotatable bonds is 4. The Morgan fingerprint density at radius 1 is 1.45 bits per heavy atom. The molecule has 0 bridgehead atoms. The Balaban J connectivity index is 2.02. The number of carbonyl (C=O) groups excluding carboxylic acids is 2. The van der Waals surface area contributed by atoms with Crippen LogP contribution in [0.4, 0.5) is 5.13 Å². The van der Waals surface area contributed by atoms with Crippen LogP contribution in [-0.2, 0) is 9.53 Å². The highest BCUT2D eigenvalue weighted by molar-refractivity contribution is 7.18. The predicted molar refractivity (Wildman–Crippen MR) is 77.4 cm³/mol. The standard InChI is InChI=1S/C12H16ClN3O3S/c1-7(10(17)16-5-3-4-6-16)14-12-15-9(13)8(20-12)11(18)19-2/h7H,3-6H2,1-2H3,(H,14,15). The summed E-state index contributed by atoms with van der Waals surface area (Å²) >= 11 is 6.95. The van der Waals surface area contributed by atoms with Gasteiger partial charge in [0.25, 0.3) is 0 Å². The third-order valence-corrected chi connectivity index (χ3v) is 4.44. The quantitative estimate of drug-likeness (QED) is 0.860. The van der Waals surface area contributed by atoms with Crippen molar-refractivity contribution in [1.29, 1.82) is 0 Å². The van der Waals surface area contributed by atoms with E-state index in [9.17, 15) is 9.59 Å². The van der Waals surface area contributed by atoms with Gasteiger partial charge in [-0.25, -0.2) is 9.78 Å². The monoisotopic (exact) mass is 317 g/mol. The van der Waals surface area contributed by atoms with Gasteiger partial charge in [-0.1, -0.05) is 22.9 Å². The van der Waals surface area contributed by atoms with E-state index in [2.05, 4.69) is 15.0 Å². The predicted octanol–water partition coefficient (Wildman–Crippen LogP) is 2.01. The number of nitrogens with one attached hydrogen (secondary N) is 1. The van der Waals surface area contributed by atoms with Gasteiger partial charge in [0.15, 0.2) is 15.2 Å². The second-order valence-electron chi connectivity index (χ2n) is 4.53. The van der Waals surface area contributed by atoms with Crippen LogP contribution in [0, 0.1) is 0 Å². The fourth-order valence-electron chi connectivity index (χ4n) is 2.04. The second-order valence-corrected chi connectivity index (χ2v) is 5.89. The minimum Gasteiger partial charge on any atom is -0.465 e. The highest BCUT2D eigenvalue weighted by Gasteiger charge is 2.25. The zero-order valence-corrected chi connectivity index (χ0v) is 12.9. The maximum absolute atomic E-state index is 12.1. The van der Waals surface area contributed by atoms with Crippen molar-refractivity contribution in [3.8, 4) is 0 Å². The van der Waals surface area contributed by atoms with Crippen LogP contribution in [0.25, 0.3) is 0 Å². The summed E-state index contributed by atoms with van der Waals surface area (Å²) in [4.78, 5) is 29.7. The van der Waals surface area contributed by atoms with E-state index in [1.165, 1.54) is 7.11 Å². The molecule has 2 heterocycles. The largest absolute Gasteiger partial charge is 0.465 e. The Morgan fingerprint density at radius 3 is 2.70 bits per heavy atom. The molecule has 1 aliphatic heterocycles. The number of methoxy groups -OCH3 is 1. The first-order valence-corrected chi connectivity index (χ1v) is 7.52. The average Bonchev–Trinajstić information content (AvgIpc) is 3.06. The van der Waals surface area contributed by atoms with Crippen molar-refractivity contribution in [2.75, 3.05) is 25.5 Å². The van der Waals surface area contributed by atoms with Crippen LogP contribution in [0.2, 0.25) is 5.15 Å². The molecular formula is C12H16ClN3O3S. The first kappa shape index (κ1) is 15.1. The summed E-state index contributed by atoms with van der Waals surface area (Å²) in [6, 6.07) is -0.402. The number of halogens is 1. The number of carbonyl (C=O) groups is 2. The van der Waals surface area contributed by atoms with Crippen molar-refractivity contribution in [3.05, 3.63) is 10.0 Å². The Hall–Kier alpha value is -1.34. The molecule has 0 saturated carbocycles. The van der Waals surface area contributed by atoms with Gasteiger partial charge in [-0.2, -0.15) is 0 Å². The van der Waals surface area contributed by atoms with Crippen LogP contribution in [0.5, 0.6) is 0 Å². The van der Waals surface area contributed by atoms with Crippen molar-refractivity contribution in [2.45, 2.75) is 25.8 Å². The van der Waals surface area contributed by atoms with Crippen LogP contribution in [-0.4, -0.2) is 48.0 Å². The molecule has 1 N–H and O–H groups in total. The third kappa shape index (κ3) is 3.21. The highest BCUT2D eigenvalue weighted by atomic mass is 35.5. The summed E-state index contributed by atoms with van der Waals surface area (Å²) in [5, 5.41) is 3.51. The summed E-state index contributed by atoms with van der Waals surface area (Å²) < 4.78 is 4.61. The lowest BCUT2D eigenvalue weighted by molar-refractivity contribution is -0.130. The van der Waals surface area contributed by atoms with E-state index >= 15 is 0 Å². The smallest absolute Gasteiger partial charge is 0.351 e. The van der Waals surface area contributed by atoms with Crippen molar-refractivity contribution >= 4 is 39.9 Å². The van der Waals surface area contributed by atoms with Gasteiger partial charge in [0.05, 0.1) is 7.11 Å². The molecule has 110 valence electrons. The first-order valence-electron chi connectivity index (χ1n) is 6.33. The van der Waals surface area contributed by atoms with E-state index in [-0.39, 0.29) is 15.9 Å². The van der Waals surface area contributed by atoms with Gasteiger partial charge in [-0.3, -0.25) is 4.79 Å². The SMILES string of the molecule is COC(=O)c1sc(NC(C)C(=O)N2CCCC2)nc1Cl.